The van der Waals surface area contributed by atoms with Gasteiger partial charge in [0.15, 0.2) is 0 Å². The molecular weight excluding hydrogens is 426 g/mol. The molecule has 3 aromatic rings. The first-order valence-corrected chi connectivity index (χ1v) is 10.2. The highest BCUT2D eigenvalue weighted by Gasteiger charge is 2.49. The zero-order chi connectivity index (χ0) is 23.9. The van der Waals surface area contributed by atoms with Crippen molar-refractivity contribution in [2.75, 3.05) is 19.1 Å². The van der Waals surface area contributed by atoms with Crippen LogP contribution >= 0.6 is 0 Å². The summed E-state index contributed by atoms with van der Waals surface area (Å²) in [5, 5.41) is 21.9. The number of benzene rings is 2. The molecule has 0 spiro atoms. The Balaban J connectivity index is 2.03. The third-order valence-corrected chi connectivity index (χ3v) is 5.53. The topological polar surface area (TPSA) is 109 Å². The highest BCUT2D eigenvalue weighted by molar-refractivity contribution is 6.52. The molecular formula is C25H23NO7. The number of aliphatic hydroxyl groups is 1. The summed E-state index contributed by atoms with van der Waals surface area (Å²) in [5.74, 6) is -1.19. The fourth-order valence-corrected chi connectivity index (χ4v) is 4.00. The van der Waals surface area contributed by atoms with Gasteiger partial charge in [0.2, 0.25) is 0 Å². The van der Waals surface area contributed by atoms with Crippen LogP contribution in [0.5, 0.6) is 17.2 Å². The Hall–Kier alpha value is -4.20. The van der Waals surface area contributed by atoms with Crippen LogP contribution in [-0.4, -0.2) is 36.1 Å². The number of carbonyl (C=O) groups is 2. The van der Waals surface area contributed by atoms with E-state index in [1.165, 1.54) is 20.3 Å². The van der Waals surface area contributed by atoms with Crippen LogP contribution in [0, 0.1) is 13.8 Å². The summed E-state index contributed by atoms with van der Waals surface area (Å²) < 4.78 is 16.5. The number of methoxy groups -OCH3 is 2. The van der Waals surface area contributed by atoms with Crippen LogP contribution in [0.25, 0.3) is 5.76 Å². The van der Waals surface area contributed by atoms with Gasteiger partial charge >= 0.3 is 0 Å². The fourth-order valence-electron chi connectivity index (χ4n) is 4.00. The number of hydrogen-bond donors (Lipinski definition) is 2. The Morgan fingerprint density at radius 2 is 1.67 bits per heavy atom. The van der Waals surface area contributed by atoms with Crippen LogP contribution in [0.4, 0.5) is 5.69 Å². The molecule has 1 saturated heterocycles. The largest absolute Gasteiger partial charge is 0.506 e. The minimum absolute atomic E-state index is 0.127. The first-order chi connectivity index (χ1) is 15.8. The fraction of sp³-hybridized carbons (Fsp3) is 0.200. The molecule has 0 saturated carbocycles. The van der Waals surface area contributed by atoms with Crippen molar-refractivity contribution >= 4 is 23.1 Å². The van der Waals surface area contributed by atoms with Gasteiger partial charge in [0.05, 0.1) is 25.5 Å². The van der Waals surface area contributed by atoms with Crippen molar-refractivity contribution in [2.45, 2.75) is 19.9 Å². The molecule has 170 valence electrons. The molecule has 33 heavy (non-hydrogen) atoms. The van der Waals surface area contributed by atoms with E-state index in [9.17, 15) is 19.8 Å². The Kier molecular flexibility index (Phi) is 5.59. The number of hydrogen-bond acceptors (Lipinski definition) is 7. The highest BCUT2D eigenvalue weighted by atomic mass is 16.5. The monoisotopic (exact) mass is 449 g/mol. The number of aromatic hydroxyl groups is 1. The number of Topliss-reactive ketones (excluding diaryl/α,β-unsaturated/α-hetero) is 1. The van der Waals surface area contributed by atoms with Crippen molar-refractivity contribution in [3.8, 4) is 17.2 Å². The summed E-state index contributed by atoms with van der Waals surface area (Å²) in [6.07, 6.45) is 0. The van der Waals surface area contributed by atoms with E-state index in [1.807, 2.05) is 0 Å². The minimum atomic E-state index is -1.12. The van der Waals surface area contributed by atoms with Crippen molar-refractivity contribution in [2.24, 2.45) is 0 Å². The zero-order valence-electron chi connectivity index (χ0n) is 18.6. The molecule has 1 amide bonds. The second-order valence-electron chi connectivity index (χ2n) is 7.65. The van der Waals surface area contributed by atoms with Gasteiger partial charge in [-0.05, 0) is 55.8 Å². The van der Waals surface area contributed by atoms with E-state index >= 15 is 0 Å². The molecule has 0 bridgehead atoms. The number of phenolic OH excluding ortho intramolecular Hbond substituents is 1. The van der Waals surface area contributed by atoms with Gasteiger partial charge in [-0.1, -0.05) is 12.1 Å². The van der Waals surface area contributed by atoms with Gasteiger partial charge in [0, 0.05) is 0 Å². The molecule has 1 fully saturated rings. The van der Waals surface area contributed by atoms with E-state index < -0.39 is 23.5 Å². The number of aryl methyl sites for hydroxylation is 2. The summed E-state index contributed by atoms with van der Waals surface area (Å²) in [7, 11) is 2.84. The normalized spacial score (nSPS) is 17.5. The average Bonchev–Trinajstić information content (AvgIpc) is 3.35. The standard InChI is InChI=1S/C25H23NO7/c1-13-8-10-16(27)15(12-13)26-22(19-11-9-14(2)33-19)21(24(29)25(26)30)23(28)20-17(31-3)6-5-7-18(20)32-4/h5-12,22,27-28H,1-4H3/b23-21+. The van der Waals surface area contributed by atoms with Crippen LogP contribution in [0.2, 0.25) is 0 Å². The molecule has 1 aliphatic rings. The molecule has 4 rings (SSSR count). The SMILES string of the molecule is COc1cccc(OC)c1/C(O)=C1\C(=O)C(=O)N(c2cc(C)ccc2O)C1c1ccc(C)o1. The summed E-state index contributed by atoms with van der Waals surface area (Å²) in [5.41, 5.74) is 0.813. The smallest absolute Gasteiger partial charge is 0.300 e. The average molecular weight is 449 g/mol. The summed E-state index contributed by atoms with van der Waals surface area (Å²) in [6, 6.07) is 11.8. The summed E-state index contributed by atoms with van der Waals surface area (Å²) >= 11 is 0. The van der Waals surface area contributed by atoms with E-state index in [0.29, 0.717) is 5.76 Å². The lowest BCUT2D eigenvalue weighted by Crippen LogP contribution is -2.29. The van der Waals surface area contributed by atoms with E-state index in [4.69, 9.17) is 13.9 Å². The molecule has 1 aromatic heterocycles. The van der Waals surface area contributed by atoms with E-state index in [1.54, 1.807) is 56.3 Å². The molecule has 1 aliphatic heterocycles. The lowest BCUT2D eigenvalue weighted by Gasteiger charge is -2.24. The van der Waals surface area contributed by atoms with Crippen LogP contribution in [-0.2, 0) is 9.59 Å². The molecule has 1 atom stereocenters. The van der Waals surface area contributed by atoms with Crippen molar-refractivity contribution in [1.29, 1.82) is 0 Å². The first kappa shape index (κ1) is 22.0. The predicted molar refractivity (Wildman–Crippen MR) is 121 cm³/mol. The number of furan rings is 1. The highest BCUT2D eigenvalue weighted by Crippen LogP contribution is 2.47. The maximum absolute atomic E-state index is 13.3. The number of phenols is 1. The second-order valence-corrected chi connectivity index (χ2v) is 7.65. The Morgan fingerprint density at radius 3 is 2.24 bits per heavy atom. The Morgan fingerprint density at radius 1 is 1.00 bits per heavy atom. The number of amides is 1. The van der Waals surface area contributed by atoms with Gasteiger partial charge in [-0.25, -0.2) is 0 Å². The number of anilines is 1. The molecule has 2 heterocycles. The molecule has 2 aromatic carbocycles. The number of nitrogens with zero attached hydrogens (tertiary/aromatic N) is 1. The van der Waals surface area contributed by atoms with E-state index in [-0.39, 0.29) is 39.8 Å². The molecule has 0 aliphatic carbocycles. The third kappa shape index (κ3) is 3.59. The lowest BCUT2D eigenvalue weighted by atomic mass is 9.98. The van der Waals surface area contributed by atoms with Gasteiger partial charge in [0.25, 0.3) is 11.7 Å². The summed E-state index contributed by atoms with van der Waals surface area (Å²) in [6.45, 7) is 3.52. The van der Waals surface area contributed by atoms with Crippen LogP contribution in [0.1, 0.15) is 28.7 Å². The second kappa shape index (κ2) is 8.38. The van der Waals surface area contributed by atoms with E-state index in [0.717, 1.165) is 10.5 Å². The number of ether oxygens (including phenoxy) is 2. The Bertz CT molecular complexity index is 1270. The maximum atomic E-state index is 13.3. The first-order valence-electron chi connectivity index (χ1n) is 10.2. The minimum Gasteiger partial charge on any atom is -0.506 e. The molecule has 1 unspecified atom stereocenters. The van der Waals surface area contributed by atoms with Gasteiger partial charge in [-0.3, -0.25) is 14.5 Å². The molecule has 2 N–H and O–H groups in total. The predicted octanol–water partition coefficient (Wildman–Crippen LogP) is 4.25. The van der Waals surface area contributed by atoms with Crippen molar-refractivity contribution in [3.63, 3.8) is 0 Å². The maximum Gasteiger partial charge on any atom is 0.300 e. The van der Waals surface area contributed by atoms with Gasteiger partial charge in [0.1, 0.15) is 46.1 Å². The van der Waals surface area contributed by atoms with E-state index in [2.05, 4.69) is 0 Å². The Labute approximate surface area is 190 Å². The number of carbonyl (C=O) groups excluding carboxylic acids is 2. The number of ketones is 1. The molecule has 8 nitrogen and oxygen atoms in total. The van der Waals surface area contributed by atoms with Gasteiger partial charge in [-0.15, -0.1) is 0 Å². The third-order valence-electron chi connectivity index (χ3n) is 5.53. The lowest BCUT2D eigenvalue weighted by molar-refractivity contribution is -0.132. The van der Waals surface area contributed by atoms with Gasteiger partial charge in [-0.2, -0.15) is 0 Å². The van der Waals surface area contributed by atoms with Crippen molar-refractivity contribution in [3.05, 3.63) is 76.8 Å². The van der Waals surface area contributed by atoms with Crippen LogP contribution in [0.15, 0.2) is 58.5 Å². The number of rotatable bonds is 5. The van der Waals surface area contributed by atoms with Gasteiger partial charge < -0.3 is 24.1 Å². The quantitative estimate of drug-likeness (QED) is 0.340. The zero-order valence-corrected chi connectivity index (χ0v) is 18.6. The summed E-state index contributed by atoms with van der Waals surface area (Å²) in [4.78, 5) is 27.6. The van der Waals surface area contributed by atoms with Crippen LogP contribution < -0.4 is 14.4 Å². The van der Waals surface area contributed by atoms with Crippen LogP contribution in [0.3, 0.4) is 0 Å². The van der Waals surface area contributed by atoms with Crippen molar-refractivity contribution < 1.29 is 33.7 Å². The molecule has 0 radical (unpaired) electrons. The molecule has 8 heteroatoms. The van der Waals surface area contributed by atoms with Crippen molar-refractivity contribution in [1.82, 2.24) is 0 Å². The number of aliphatic hydroxyl groups excluding tert-OH is 1.